The molecule has 110 valence electrons. The SMILES string of the molecule is CC(NC1CC(c2ccccc2Br)C1)c1cccc(F)c1. The van der Waals surface area contributed by atoms with E-state index in [1.54, 1.807) is 12.1 Å². The number of nitrogens with one attached hydrogen (secondary N) is 1. The summed E-state index contributed by atoms with van der Waals surface area (Å²) in [7, 11) is 0. The van der Waals surface area contributed by atoms with Crippen molar-refractivity contribution in [2.24, 2.45) is 0 Å². The summed E-state index contributed by atoms with van der Waals surface area (Å²) in [5.41, 5.74) is 2.41. The standard InChI is InChI=1S/C18H19BrFN/c1-12(13-5-4-6-15(20)9-13)21-16-10-14(11-16)17-7-2-3-8-18(17)19/h2-9,12,14,16,21H,10-11H2,1H3. The molecular weight excluding hydrogens is 329 g/mol. The number of halogens is 2. The largest absolute Gasteiger partial charge is 0.307 e. The van der Waals surface area contributed by atoms with Crippen LogP contribution in [-0.2, 0) is 0 Å². The first-order chi connectivity index (χ1) is 10.1. The van der Waals surface area contributed by atoms with Gasteiger partial charge in [-0.05, 0) is 55.0 Å². The van der Waals surface area contributed by atoms with Crippen LogP contribution >= 0.6 is 15.9 Å². The highest BCUT2D eigenvalue weighted by molar-refractivity contribution is 9.10. The van der Waals surface area contributed by atoms with E-state index in [-0.39, 0.29) is 11.9 Å². The lowest BCUT2D eigenvalue weighted by molar-refractivity contribution is 0.270. The normalized spacial score (nSPS) is 22.6. The van der Waals surface area contributed by atoms with Gasteiger partial charge >= 0.3 is 0 Å². The minimum Gasteiger partial charge on any atom is -0.307 e. The zero-order chi connectivity index (χ0) is 14.8. The van der Waals surface area contributed by atoms with Crippen LogP contribution in [0.4, 0.5) is 4.39 Å². The third-order valence-corrected chi connectivity index (χ3v) is 5.04. The van der Waals surface area contributed by atoms with Gasteiger partial charge in [0.1, 0.15) is 5.82 Å². The Morgan fingerprint density at radius 3 is 2.62 bits per heavy atom. The number of rotatable bonds is 4. The first kappa shape index (κ1) is 14.7. The fourth-order valence-electron chi connectivity index (χ4n) is 3.04. The lowest BCUT2D eigenvalue weighted by Crippen LogP contribution is -2.41. The molecule has 1 aliphatic rings. The molecule has 0 saturated heterocycles. The van der Waals surface area contributed by atoms with Gasteiger partial charge in [-0.25, -0.2) is 4.39 Å². The van der Waals surface area contributed by atoms with Crippen LogP contribution in [0.25, 0.3) is 0 Å². The quantitative estimate of drug-likeness (QED) is 0.802. The molecule has 3 heteroatoms. The minimum atomic E-state index is -0.166. The molecular formula is C18H19BrFN. The van der Waals surface area contributed by atoms with Crippen LogP contribution in [0.3, 0.4) is 0 Å². The van der Waals surface area contributed by atoms with Gasteiger partial charge in [-0.1, -0.05) is 46.3 Å². The number of hydrogen-bond acceptors (Lipinski definition) is 1. The van der Waals surface area contributed by atoms with Crippen molar-refractivity contribution in [3.63, 3.8) is 0 Å². The van der Waals surface area contributed by atoms with Gasteiger partial charge in [0.05, 0.1) is 0 Å². The van der Waals surface area contributed by atoms with Crippen LogP contribution in [0.15, 0.2) is 53.0 Å². The first-order valence-corrected chi connectivity index (χ1v) is 8.18. The van der Waals surface area contributed by atoms with Gasteiger partial charge in [0.2, 0.25) is 0 Å². The second-order valence-electron chi connectivity index (χ2n) is 5.83. The van der Waals surface area contributed by atoms with Crippen LogP contribution in [0.5, 0.6) is 0 Å². The van der Waals surface area contributed by atoms with Crippen molar-refractivity contribution >= 4 is 15.9 Å². The minimum absolute atomic E-state index is 0.166. The number of benzene rings is 2. The van der Waals surface area contributed by atoms with Crippen LogP contribution in [0, 0.1) is 5.82 Å². The zero-order valence-electron chi connectivity index (χ0n) is 12.0. The third-order valence-electron chi connectivity index (χ3n) is 4.32. The van der Waals surface area contributed by atoms with E-state index in [1.807, 2.05) is 12.1 Å². The summed E-state index contributed by atoms with van der Waals surface area (Å²) in [6, 6.07) is 16.0. The average molecular weight is 348 g/mol. The van der Waals surface area contributed by atoms with Crippen molar-refractivity contribution in [3.05, 3.63) is 69.9 Å². The highest BCUT2D eigenvalue weighted by Crippen LogP contribution is 2.40. The Labute approximate surface area is 133 Å². The Hall–Kier alpha value is -1.19. The predicted octanol–water partition coefficient (Wildman–Crippen LogP) is 5.19. The molecule has 0 aromatic heterocycles. The molecule has 0 heterocycles. The van der Waals surface area contributed by atoms with E-state index < -0.39 is 0 Å². The lowest BCUT2D eigenvalue weighted by Gasteiger charge is -2.38. The molecule has 1 nitrogen and oxygen atoms in total. The lowest BCUT2D eigenvalue weighted by atomic mass is 9.75. The van der Waals surface area contributed by atoms with E-state index in [0.717, 1.165) is 18.4 Å². The molecule has 1 atom stereocenters. The molecule has 1 N–H and O–H groups in total. The molecule has 2 aromatic carbocycles. The summed E-state index contributed by atoms with van der Waals surface area (Å²) >= 11 is 3.62. The molecule has 1 fully saturated rings. The Kier molecular flexibility index (Phi) is 4.41. The number of hydrogen-bond donors (Lipinski definition) is 1. The van der Waals surface area contributed by atoms with Crippen molar-refractivity contribution < 1.29 is 4.39 Å². The molecule has 1 saturated carbocycles. The van der Waals surface area contributed by atoms with Gasteiger partial charge < -0.3 is 5.32 Å². The second kappa shape index (κ2) is 6.29. The molecule has 1 aliphatic carbocycles. The molecule has 1 unspecified atom stereocenters. The Morgan fingerprint density at radius 2 is 1.90 bits per heavy atom. The van der Waals surface area contributed by atoms with Gasteiger partial charge in [-0.2, -0.15) is 0 Å². The molecule has 0 amide bonds. The molecule has 0 bridgehead atoms. The van der Waals surface area contributed by atoms with Gasteiger partial charge in [-0.3, -0.25) is 0 Å². The third kappa shape index (κ3) is 3.35. The average Bonchev–Trinajstić information content (AvgIpc) is 2.43. The van der Waals surface area contributed by atoms with Crippen molar-refractivity contribution in [2.45, 2.75) is 37.8 Å². The monoisotopic (exact) mass is 347 g/mol. The van der Waals surface area contributed by atoms with Crippen LogP contribution in [0.2, 0.25) is 0 Å². The fourth-order valence-corrected chi connectivity index (χ4v) is 3.65. The predicted molar refractivity (Wildman–Crippen MR) is 87.9 cm³/mol. The maximum absolute atomic E-state index is 13.3. The summed E-state index contributed by atoms with van der Waals surface area (Å²) in [4.78, 5) is 0. The van der Waals surface area contributed by atoms with Crippen LogP contribution < -0.4 is 5.32 Å². The van der Waals surface area contributed by atoms with Gasteiger partial charge in [0.25, 0.3) is 0 Å². The molecule has 2 aromatic rings. The van der Waals surface area contributed by atoms with Gasteiger partial charge in [0.15, 0.2) is 0 Å². The maximum Gasteiger partial charge on any atom is 0.123 e. The first-order valence-electron chi connectivity index (χ1n) is 7.39. The summed E-state index contributed by atoms with van der Waals surface area (Å²) in [6.07, 6.45) is 2.28. The van der Waals surface area contributed by atoms with Gasteiger partial charge in [-0.15, -0.1) is 0 Å². The van der Waals surface area contributed by atoms with Crippen molar-refractivity contribution in [2.75, 3.05) is 0 Å². The summed E-state index contributed by atoms with van der Waals surface area (Å²) < 4.78 is 14.5. The molecule has 3 rings (SSSR count). The maximum atomic E-state index is 13.3. The second-order valence-corrected chi connectivity index (χ2v) is 6.68. The molecule has 0 aliphatic heterocycles. The molecule has 21 heavy (non-hydrogen) atoms. The summed E-state index contributed by atoms with van der Waals surface area (Å²) in [6.45, 7) is 2.10. The van der Waals surface area contributed by atoms with Crippen LogP contribution in [-0.4, -0.2) is 6.04 Å². The van der Waals surface area contributed by atoms with Crippen LogP contribution in [0.1, 0.15) is 42.9 Å². The highest BCUT2D eigenvalue weighted by Gasteiger charge is 2.32. The smallest absolute Gasteiger partial charge is 0.123 e. The Morgan fingerprint density at radius 1 is 1.14 bits per heavy atom. The summed E-state index contributed by atoms with van der Waals surface area (Å²) in [5.74, 6) is 0.457. The van der Waals surface area contributed by atoms with E-state index in [0.29, 0.717) is 12.0 Å². The molecule has 0 spiro atoms. The van der Waals surface area contributed by atoms with E-state index in [4.69, 9.17) is 0 Å². The van der Waals surface area contributed by atoms with Crippen molar-refractivity contribution in [1.29, 1.82) is 0 Å². The topological polar surface area (TPSA) is 12.0 Å². The Bertz CT molecular complexity index is 622. The Balaban J connectivity index is 1.56. The van der Waals surface area contributed by atoms with Gasteiger partial charge in [0, 0.05) is 16.6 Å². The van der Waals surface area contributed by atoms with Crippen molar-refractivity contribution in [1.82, 2.24) is 5.32 Å². The fraction of sp³-hybridized carbons (Fsp3) is 0.333. The molecule has 0 radical (unpaired) electrons. The van der Waals surface area contributed by atoms with E-state index in [2.05, 4.69) is 46.4 Å². The van der Waals surface area contributed by atoms with Crippen molar-refractivity contribution in [3.8, 4) is 0 Å². The zero-order valence-corrected chi connectivity index (χ0v) is 13.6. The summed E-state index contributed by atoms with van der Waals surface area (Å²) in [5, 5.41) is 3.60. The van der Waals surface area contributed by atoms with E-state index in [9.17, 15) is 4.39 Å². The van der Waals surface area contributed by atoms with E-state index in [1.165, 1.54) is 16.1 Å². The highest BCUT2D eigenvalue weighted by atomic mass is 79.9. The van der Waals surface area contributed by atoms with E-state index >= 15 is 0 Å².